The summed E-state index contributed by atoms with van der Waals surface area (Å²) in [5, 5.41) is 28.3. The van der Waals surface area contributed by atoms with Gasteiger partial charge >= 0.3 is 5.24 Å². The molecule has 0 fully saturated rings. The Labute approximate surface area is 301 Å². The fraction of sp³-hybridized carbons (Fsp3) is 0.143. The minimum atomic E-state index is -0.221. The van der Waals surface area contributed by atoms with E-state index < -0.39 is 0 Å². The minimum absolute atomic E-state index is 0.0393. The van der Waals surface area contributed by atoms with Gasteiger partial charge in [0.25, 0.3) is 4.51 Å². The van der Waals surface area contributed by atoms with Gasteiger partial charge in [-0.15, -0.1) is 32.9 Å². The molecule has 0 atom stereocenters. The summed E-state index contributed by atoms with van der Waals surface area (Å²) in [4.78, 5) is 11.6. The lowest BCUT2D eigenvalue weighted by Gasteiger charge is -2.10. The topological polar surface area (TPSA) is 135 Å². The summed E-state index contributed by atoms with van der Waals surface area (Å²) in [7, 11) is 3.57. The van der Waals surface area contributed by atoms with Crippen LogP contribution in [-0.2, 0) is 14.1 Å². The lowest BCUT2D eigenvalue weighted by molar-refractivity contribution is 0.409. The Balaban J connectivity index is 0.000000178. The Kier molecular flexibility index (Phi) is 12.9. The van der Waals surface area contributed by atoms with Crippen LogP contribution in [0.3, 0.4) is 0 Å². The van der Waals surface area contributed by atoms with Crippen molar-refractivity contribution in [2.24, 2.45) is 14.1 Å². The maximum atomic E-state index is 11.6. The van der Waals surface area contributed by atoms with E-state index in [1.807, 2.05) is 49.9 Å². The van der Waals surface area contributed by atoms with Crippen molar-refractivity contribution in [3.8, 4) is 38.7 Å². The van der Waals surface area contributed by atoms with Crippen molar-refractivity contribution in [3.05, 3.63) is 91.2 Å². The zero-order valence-corrected chi connectivity index (χ0v) is 30.3. The largest absolute Gasteiger partial charge is 0.425 e. The van der Waals surface area contributed by atoms with E-state index in [1.165, 1.54) is 34.8 Å². The van der Waals surface area contributed by atoms with Crippen LogP contribution in [0.4, 0.5) is 0 Å². The van der Waals surface area contributed by atoms with E-state index in [0.29, 0.717) is 27.9 Å². The monoisotopic (exact) mass is 768 g/mol. The van der Waals surface area contributed by atoms with Crippen molar-refractivity contribution in [1.82, 2.24) is 40.0 Å². The number of rotatable bonds is 5. The average Bonchev–Trinajstić information content (AvgIpc) is 3.80. The van der Waals surface area contributed by atoms with Crippen LogP contribution >= 0.6 is 81.9 Å². The Bertz CT molecular complexity index is 2030. The summed E-state index contributed by atoms with van der Waals surface area (Å²) in [5.41, 5.74) is 3.68. The highest BCUT2D eigenvalue weighted by atomic mass is 35.5. The molecule has 6 heterocycles. The number of halogens is 3. The van der Waals surface area contributed by atoms with Gasteiger partial charge < -0.3 is 14.2 Å². The van der Waals surface area contributed by atoms with Crippen LogP contribution < -0.4 is 19.6 Å². The molecule has 0 aliphatic carbocycles. The van der Waals surface area contributed by atoms with Gasteiger partial charge in [0.05, 0.1) is 22.8 Å². The van der Waals surface area contributed by atoms with Crippen molar-refractivity contribution in [3.63, 3.8) is 0 Å². The van der Waals surface area contributed by atoms with Gasteiger partial charge in [-0.3, -0.25) is 19.3 Å². The summed E-state index contributed by atoms with van der Waals surface area (Å²) in [6.45, 7) is 3.74. The second-order valence-electron chi connectivity index (χ2n) is 9.06. The van der Waals surface area contributed by atoms with E-state index in [4.69, 9.17) is 61.2 Å². The van der Waals surface area contributed by atoms with Crippen LogP contribution in [0.1, 0.15) is 11.4 Å². The molecule has 0 aliphatic heterocycles. The molecule has 0 spiro atoms. The number of thiocarbonyl (C=S) groups is 2. The number of H-pyrrole nitrogens is 1. The number of ether oxygens (including phenoxy) is 3. The normalized spacial score (nSPS) is 10.3. The molecule has 19 heteroatoms. The number of thiophene rings is 2. The van der Waals surface area contributed by atoms with Crippen molar-refractivity contribution in [2.45, 2.75) is 13.8 Å². The molecule has 1 N–H and O–H groups in total. The lowest BCUT2D eigenvalue weighted by Crippen LogP contribution is -2.14. The number of aromatic nitrogens is 8. The molecule has 0 saturated carbocycles. The highest BCUT2D eigenvalue weighted by Gasteiger charge is 2.17. The van der Waals surface area contributed by atoms with E-state index in [-0.39, 0.29) is 25.5 Å². The summed E-state index contributed by atoms with van der Waals surface area (Å²) in [6.07, 6.45) is 0. The van der Waals surface area contributed by atoms with Crippen molar-refractivity contribution in [1.29, 1.82) is 0 Å². The predicted octanol–water partition coefficient (Wildman–Crippen LogP) is 7.43. The molecule has 0 radical (unpaired) electrons. The molecule has 12 nitrogen and oxygen atoms in total. The standard InChI is InChI=1S/C14H11ClN4O2S2.C9H9ClN4O.C5H3ClOS2/c1-8-6-9(19(2)18-8)13-10(7-11(15)16-17-13)20-14(22)21-12-4-3-5-23-12;1-5-3-6(14(2)13-5)9-7(15)4-8(10)11-12-9;6-5(8)7-4-2-1-3-9-4/h3-7H,1-2H3;3-4H,1-2H3,(H,11,15);1-3H. The molecule has 0 aliphatic rings. The average molecular weight is 770 g/mol. The van der Waals surface area contributed by atoms with E-state index >= 15 is 0 Å². The highest BCUT2D eigenvalue weighted by molar-refractivity contribution is 7.82. The predicted molar refractivity (Wildman–Crippen MR) is 192 cm³/mol. The van der Waals surface area contributed by atoms with Gasteiger partial charge in [-0.05, 0) is 84.8 Å². The Morgan fingerprint density at radius 3 is 1.89 bits per heavy atom. The Morgan fingerprint density at radius 2 is 1.40 bits per heavy atom. The second-order valence-corrected chi connectivity index (χ2v) is 12.9. The molecule has 244 valence electrons. The van der Waals surface area contributed by atoms with Crippen molar-refractivity contribution >= 4 is 91.7 Å². The molecule has 6 aromatic rings. The number of nitrogens with zero attached hydrogens (tertiary/aromatic N) is 7. The van der Waals surface area contributed by atoms with E-state index in [9.17, 15) is 4.79 Å². The molecular weight excluding hydrogens is 747 g/mol. The summed E-state index contributed by atoms with van der Waals surface area (Å²) < 4.78 is 19.2. The fourth-order valence-electron chi connectivity index (χ4n) is 3.75. The zero-order chi connectivity index (χ0) is 34.1. The lowest BCUT2D eigenvalue weighted by atomic mass is 10.2. The molecule has 0 unspecified atom stereocenters. The summed E-state index contributed by atoms with van der Waals surface area (Å²) in [6, 6.07) is 13.8. The summed E-state index contributed by atoms with van der Waals surface area (Å²) in [5.74, 6) is 0.356. The number of aromatic amines is 1. The van der Waals surface area contributed by atoms with Crippen LogP contribution in [0.5, 0.6) is 15.9 Å². The molecule has 6 rings (SSSR count). The first-order valence-electron chi connectivity index (χ1n) is 13.0. The SMILES string of the molecule is Cc1cc(-c2n[nH]c(Cl)cc2=O)n(C)n1.Cc1cc(-c2nnc(Cl)cc2OC(=S)Oc2cccs2)n(C)n1.S=C(Cl)Oc1cccs1. The van der Waals surface area contributed by atoms with Crippen molar-refractivity contribution < 1.29 is 14.2 Å². The molecule has 47 heavy (non-hydrogen) atoms. The first kappa shape index (κ1) is 36.1. The van der Waals surface area contributed by atoms with E-state index in [0.717, 1.165) is 22.1 Å². The van der Waals surface area contributed by atoms with Crippen LogP contribution in [0, 0.1) is 13.8 Å². The van der Waals surface area contributed by atoms with Gasteiger partial charge in [0.2, 0.25) is 5.43 Å². The first-order chi connectivity index (χ1) is 22.4. The Hall–Kier alpha value is -3.77. The van der Waals surface area contributed by atoms with E-state index in [1.54, 1.807) is 34.6 Å². The van der Waals surface area contributed by atoms with Gasteiger partial charge in [0, 0.05) is 38.4 Å². The molecular formula is C28H23Cl3N8O4S4. The fourth-order valence-corrected chi connectivity index (χ4v) is 5.68. The van der Waals surface area contributed by atoms with Gasteiger partial charge in [0.1, 0.15) is 5.15 Å². The molecule has 0 amide bonds. The first-order valence-corrected chi connectivity index (χ1v) is 16.7. The smallest absolute Gasteiger partial charge is 0.364 e. The number of aryl methyl sites for hydroxylation is 4. The third kappa shape index (κ3) is 10.6. The van der Waals surface area contributed by atoms with E-state index in [2.05, 4.69) is 42.8 Å². The van der Waals surface area contributed by atoms with Gasteiger partial charge in [-0.25, -0.2) is 0 Å². The van der Waals surface area contributed by atoms with Crippen LogP contribution in [0.2, 0.25) is 10.3 Å². The maximum Gasteiger partial charge on any atom is 0.364 e. The number of hydrogen-bond donors (Lipinski definition) is 1. The molecule has 0 aromatic carbocycles. The third-order valence-electron chi connectivity index (χ3n) is 5.53. The molecule has 0 saturated heterocycles. The number of nitrogens with one attached hydrogen (secondary N) is 1. The summed E-state index contributed by atoms with van der Waals surface area (Å²) >= 11 is 29.3. The molecule has 0 bridgehead atoms. The van der Waals surface area contributed by atoms with Gasteiger partial charge in [-0.1, -0.05) is 23.2 Å². The number of hydrogen-bond acceptors (Lipinski definition) is 13. The van der Waals surface area contributed by atoms with Gasteiger partial charge in [0.15, 0.2) is 32.4 Å². The van der Waals surface area contributed by atoms with Gasteiger partial charge in [-0.2, -0.15) is 15.3 Å². The van der Waals surface area contributed by atoms with Crippen LogP contribution in [0.25, 0.3) is 22.8 Å². The highest BCUT2D eigenvalue weighted by Crippen LogP contribution is 2.30. The maximum absolute atomic E-state index is 11.6. The minimum Gasteiger partial charge on any atom is -0.425 e. The molecule has 6 aromatic heterocycles. The van der Waals surface area contributed by atoms with Crippen LogP contribution in [0.15, 0.2) is 64.1 Å². The Morgan fingerprint density at radius 1 is 0.830 bits per heavy atom. The van der Waals surface area contributed by atoms with Crippen molar-refractivity contribution in [2.75, 3.05) is 0 Å². The quantitative estimate of drug-likeness (QED) is 0.139. The second kappa shape index (κ2) is 16.9. The third-order valence-corrected chi connectivity index (χ3v) is 7.73. The van der Waals surface area contributed by atoms with Crippen LogP contribution in [-0.4, -0.2) is 49.7 Å². The zero-order valence-electron chi connectivity index (χ0n) is 24.8.